The number of aromatic hydroxyl groups is 1. The van der Waals surface area contributed by atoms with Crippen molar-refractivity contribution in [1.29, 1.82) is 0 Å². The van der Waals surface area contributed by atoms with Gasteiger partial charge in [-0.1, -0.05) is 6.07 Å². The first-order valence-corrected chi connectivity index (χ1v) is 11.5. The zero-order chi connectivity index (χ0) is 22.6. The van der Waals surface area contributed by atoms with Gasteiger partial charge in [-0.05, 0) is 56.2 Å². The lowest BCUT2D eigenvalue weighted by molar-refractivity contribution is 0.214. The van der Waals surface area contributed by atoms with Gasteiger partial charge in [-0.15, -0.1) is 0 Å². The molecule has 8 nitrogen and oxygen atoms in total. The number of methoxy groups -OCH3 is 1. The molecule has 3 rings (SSSR count). The van der Waals surface area contributed by atoms with Gasteiger partial charge in [-0.25, -0.2) is 4.79 Å². The van der Waals surface area contributed by atoms with E-state index in [1.54, 1.807) is 38.1 Å². The van der Waals surface area contributed by atoms with E-state index in [1.165, 1.54) is 19.2 Å². The Morgan fingerprint density at radius 1 is 1.10 bits per heavy atom. The largest absolute Gasteiger partial charge is 0.504 e. The molecular weight excluding hydrogens is 421 g/mol. The molecule has 9 heteroatoms. The zero-order valence-electron chi connectivity index (χ0n) is 17.9. The van der Waals surface area contributed by atoms with E-state index in [0.29, 0.717) is 16.8 Å². The lowest BCUT2D eigenvalue weighted by atomic mass is 10.1. The van der Waals surface area contributed by atoms with Crippen LogP contribution in [-0.2, 0) is 13.6 Å². The van der Waals surface area contributed by atoms with Crippen LogP contribution in [0.1, 0.15) is 30.8 Å². The molecule has 31 heavy (non-hydrogen) atoms. The Labute approximate surface area is 180 Å². The second-order valence-corrected chi connectivity index (χ2v) is 8.93. The number of ether oxygens (including phenoxy) is 1. The third-order valence-electron chi connectivity index (χ3n) is 4.71. The highest BCUT2D eigenvalue weighted by Crippen LogP contribution is 2.61. The van der Waals surface area contributed by atoms with Gasteiger partial charge < -0.3 is 28.6 Å². The minimum Gasteiger partial charge on any atom is -0.504 e. The summed E-state index contributed by atoms with van der Waals surface area (Å²) in [5, 5.41) is 14.0. The zero-order valence-corrected chi connectivity index (χ0v) is 18.8. The predicted octanol–water partition coefficient (Wildman–Crippen LogP) is 5.19. The number of hydrogen-bond donors (Lipinski definition) is 2. The molecule has 0 aliphatic rings. The normalized spacial score (nSPS) is 12.6. The quantitative estimate of drug-likeness (QED) is 0.341. The Morgan fingerprint density at radius 2 is 1.81 bits per heavy atom. The van der Waals surface area contributed by atoms with Crippen LogP contribution in [0.15, 0.2) is 51.7 Å². The lowest BCUT2D eigenvalue weighted by Gasteiger charge is -2.28. The van der Waals surface area contributed by atoms with Crippen LogP contribution >= 0.6 is 7.60 Å². The lowest BCUT2D eigenvalue weighted by Crippen LogP contribution is -2.15. The molecule has 1 unspecified atom stereocenters. The third-order valence-corrected chi connectivity index (χ3v) is 7.00. The number of phenolic OH excluding ortho intramolecular Hbond substituents is 1. The molecule has 0 saturated heterocycles. The van der Waals surface area contributed by atoms with Crippen molar-refractivity contribution in [3.63, 3.8) is 0 Å². The first-order valence-electron chi connectivity index (χ1n) is 9.88. The Bertz CT molecular complexity index is 1160. The van der Waals surface area contributed by atoms with E-state index in [9.17, 15) is 14.5 Å². The summed E-state index contributed by atoms with van der Waals surface area (Å²) in [7, 11) is -2.25. The molecular formula is C22H26NO7P. The summed E-state index contributed by atoms with van der Waals surface area (Å²) in [6.07, 6.45) is 0. The molecule has 1 heterocycles. The highest BCUT2D eigenvalue weighted by molar-refractivity contribution is 7.54. The molecule has 1 aromatic heterocycles. The molecule has 0 amide bonds. The summed E-state index contributed by atoms with van der Waals surface area (Å²) in [5.41, 5.74) is 1.84. The fourth-order valence-corrected chi connectivity index (χ4v) is 5.25. The van der Waals surface area contributed by atoms with Gasteiger partial charge in [0.05, 0.1) is 20.3 Å². The Balaban J connectivity index is 2.11. The summed E-state index contributed by atoms with van der Waals surface area (Å²) in [6.45, 7) is 5.64. The molecule has 0 aliphatic heterocycles. The molecule has 166 valence electrons. The van der Waals surface area contributed by atoms with Crippen LogP contribution in [0.3, 0.4) is 0 Å². The monoisotopic (exact) mass is 447 g/mol. The van der Waals surface area contributed by atoms with E-state index in [-0.39, 0.29) is 24.7 Å². The van der Waals surface area contributed by atoms with Gasteiger partial charge in [0.2, 0.25) is 0 Å². The van der Waals surface area contributed by atoms with Crippen LogP contribution in [0.4, 0.5) is 5.69 Å². The van der Waals surface area contributed by atoms with E-state index in [2.05, 4.69) is 5.32 Å². The minimum absolute atomic E-state index is 0.0457. The van der Waals surface area contributed by atoms with Crippen LogP contribution in [0.2, 0.25) is 0 Å². The van der Waals surface area contributed by atoms with Crippen LogP contribution in [-0.4, -0.2) is 25.4 Å². The van der Waals surface area contributed by atoms with Crippen LogP contribution in [0.5, 0.6) is 11.5 Å². The van der Waals surface area contributed by atoms with E-state index in [0.717, 1.165) is 10.9 Å². The van der Waals surface area contributed by atoms with Crippen LogP contribution in [0.25, 0.3) is 11.0 Å². The SMILES string of the molecule is CCOP(=O)(OCC)C(Nc1ccc2c(C)cc(=O)oc2c1)c1ccc(O)c(OC)c1. The van der Waals surface area contributed by atoms with E-state index < -0.39 is 19.0 Å². The topological polar surface area (TPSA) is 107 Å². The Morgan fingerprint density at radius 3 is 2.45 bits per heavy atom. The molecule has 3 aromatic rings. The number of benzene rings is 2. The van der Waals surface area contributed by atoms with Crippen molar-refractivity contribution in [3.05, 3.63) is 64.0 Å². The smallest absolute Gasteiger partial charge is 0.357 e. The standard InChI is InChI=1S/C22H26NO7P/c1-5-28-31(26,29-6-2)22(15-7-10-18(24)20(12-15)27-4)23-16-8-9-17-14(3)11-21(25)30-19(17)13-16/h7-13,22-24H,5-6H2,1-4H3. The summed E-state index contributed by atoms with van der Waals surface area (Å²) in [6, 6.07) is 11.3. The molecule has 0 spiro atoms. The van der Waals surface area contributed by atoms with Crippen LogP contribution in [0, 0.1) is 6.92 Å². The average molecular weight is 447 g/mol. The highest BCUT2D eigenvalue weighted by Gasteiger charge is 2.37. The number of hydrogen-bond acceptors (Lipinski definition) is 8. The first kappa shape index (κ1) is 22.9. The molecule has 2 N–H and O–H groups in total. The Hall–Kier alpha value is -2.80. The first-order chi connectivity index (χ1) is 14.8. The van der Waals surface area contributed by atoms with Crippen LogP contribution < -0.4 is 15.7 Å². The van der Waals surface area contributed by atoms with Gasteiger partial charge >= 0.3 is 13.2 Å². The molecule has 0 fully saturated rings. The average Bonchev–Trinajstić information content (AvgIpc) is 2.72. The maximum atomic E-state index is 13.7. The maximum Gasteiger partial charge on any atom is 0.357 e. The van der Waals surface area contributed by atoms with E-state index >= 15 is 0 Å². The van der Waals surface area contributed by atoms with Gasteiger partial charge in [-0.3, -0.25) is 4.57 Å². The number of nitrogens with one attached hydrogen (secondary N) is 1. The van der Waals surface area contributed by atoms with Crippen molar-refractivity contribution >= 4 is 24.3 Å². The summed E-state index contributed by atoms with van der Waals surface area (Å²) in [4.78, 5) is 11.8. The molecule has 0 aliphatic carbocycles. The second-order valence-electron chi connectivity index (χ2n) is 6.81. The fraction of sp³-hybridized carbons (Fsp3) is 0.318. The van der Waals surface area contributed by atoms with Gasteiger partial charge in [0.15, 0.2) is 17.3 Å². The third kappa shape index (κ3) is 4.93. The fourth-order valence-electron chi connectivity index (χ4n) is 3.33. The molecule has 0 saturated carbocycles. The van der Waals surface area contributed by atoms with Crippen molar-refractivity contribution in [2.75, 3.05) is 25.6 Å². The van der Waals surface area contributed by atoms with Gasteiger partial charge in [0.1, 0.15) is 5.58 Å². The van der Waals surface area contributed by atoms with Crippen molar-refractivity contribution < 1.29 is 27.9 Å². The summed E-state index contributed by atoms with van der Waals surface area (Å²) >= 11 is 0. The van der Waals surface area contributed by atoms with Crippen molar-refractivity contribution in [1.82, 2.24) is 0 Å². The number of anilines is 1. The van der Waals surface area contributed by atoms with Gasteiger partial charge in [0, 0.05) is 23.2 Å². The van der Waals surface area contributed by atoms with E-state index in [1.807, 2.05) is 13.0 Å². The predicted molar refractivity (Wildman–Crippen MR) is 119 cm³/mol. The number of phenols is 1. The van der Waals surface area contributed by atoms with Gasteiger partial charge in [0.25, 0.3) is 0 Å². The number of rotatable bonds is 9. The second kappa shape index (κ2) is 9.56. The highest BCUT2D eigenvalue weighted by atomic mass is 31.2. The van der Waals surface area contributed by atoms with E-state index in [4.69, 9.17) is 18.2 Å². The molecule has 1 atom stereocenters. The number of fused-ring (bicyclic) bond motifs is 1. The van der Waals surface area contributed by atoms with Crippen molar-refractivity contribution in [2.45, 2.75) is 26.6 Å². The van der Waals surface area contributed by atoms with Crippen molar-refractivity contribution in [2.24, 2.45) is 0 Å². The summed E-state index contributed by atoms with van der Waals surface area (Å²) < 4.78 is 35.4. The number of aryl methyl sites for hydroxylation is 1. The molecule has 0 radical (unpaired) electrons. The Kier molecular flexibility index (Phi) is 7.05. The summed E-state index contributed by atoms with van der Waals surface area (Å²) in [5.74, 6) is -0.726. The maximum absolute atomic E-state index is 13.7. The minimum atomic E-state index is -3.68. The van der Waals surface area contributed by atoms with Crippen molar-refractivity contribution in [3.8, 4) is 11.5 Å². The molecule has 2 aromatic carbocycles. The molecule has 0 bridgehead atoms. The van der Waals surface area contributed by atoms with Gasteiger partial charge in [-0.2, -0.15) is 0 Å².